The first-order valence-corrected chi connectivity index (χ1v) is 4.81. The number of thiol groups is 1. The van der Waals surface area contributed by atoms with Crippen LogP contribution in [0.25, 0.3) is 0 Å². The molecule has 0 aliphatic rings. The van der Waals surface area contributed by atoms with E-state index < -0.39 is 0 Å². The van der Waals surface area contributed by atoms with Gasteiger partial charge in [0.25, 0.3) is 0 Å². The van der Waals surface area contributed by atoms with Crippen molar-refractivity contribution in [2.24, 2.45) is 0 Å². The average Bonchev–Trinajstić information content (AvgIpc) is 2.08. The first-order chi connectivity index (χ1) is 5.81. The van der Waals surface area contributed by atoms with Gasteiger partial charge < -0.3 is 0 Å². The maximum Gasteiger partial charge on any atom is 0.00399 e. The minimum atomic E-state index is 1.02. The zero-order valence-electron chi connectivity index (χ0n) is 6.81. The second-order valence-corrected chi connectivity index (χ2v) is 3.26. The molecule has 0 saturated heterocycles. The molecule has 0 bridgehead atoms. The molecule has 12 heavy (non-hydrogen) atoms. The summed E-state index contributed by atoms with van der Waals surface area (Å²) in [6.45, 7) is 6.88. The van der Waals surface area contributed by atoms with Crippen molar-refractivity contribution in [3.63, 3.8) is 0 Å². The zero-order chi connectivity index (χ0) is 9.23. The van der Waals surface area contributed by atoms with E-state index in [1.165, 1.54) is 11.8 Å². The molecule has 0 spiro atoms. The van der Waals surface area contributed by atoms with Crippen molar-refractivity contribution in [3.05, 3.63) is 54.3 Å². The third kappa shape index (κ3) is 7.51. The summed E-state index contributed by atoms with van der Waals surface area (Å²) in [5, 5.41) is 3.46. The highest BCUT2D eigenvalue weighted by atomic mass is 32.2. The van der Waals surface area contributed by atoms with Crippen molar-refractivity contribution < 1.29 is 0 Å². The van der Waals surface area contributed by atoms with Gasteiger partial charge in [0.1, 0.15) is 0 Å². The Kier molecular flexibility index (Phi) is 8.07. The summed E-state index contributed by atoms with van der Waals surface area (Å²) >= 11 is 5.58. The number of rotatable bonds is 2. The molecule has 0 aliphatic carbocycles. The molecule has 0 nitrogen and oxygen atoms in total. The summed E-state index contributed by atoms with van der Waals surface area (Å²) < 4.78 is 0. The standard InChI is InChI=1S/C6H6S.C4H6S/c7-6-4-2-1-3-5-6;1-3-5-4-2/h1-5,7H;3-4H,1-2H2. The van der Waals surface area contributed by atoms with Crippen molar-refractivity contribution in [1.82, 2.24) is 0 Å². The highest BCUT2D eigenvalue weighted by molar-refractivity contribution is 8.04. The van der Waals surface area contributed by atoms with Crippen molar-refractivity contribution in [3.8, 4) is 0 Å². The molecular weight excluding hydrogens is 184 g/mol. The van der Waals surface area contributed by atoms with Crippen LogP contribution in [0.3, 0.4) is 0 Å². The Morgan fingerprint density at radius 3 is 1.75 bits per heavy atom. The molecule has 1 rings (SSSR count). The van der Waals surface area contributed by atoms with Gasteiger partial charge in [-0.2, -0.15) is 0 Å². The third-order valence-corrected chi connectivity index (χ3v) is 1.63. The first-order valence-electron chi connectivity index (χ1n) is 3.42. The Hall–Kier alpha value is -0.600. The van der Waals surface area contributed by atoms with Gasteiger partial charge in [-0.15, -0.1) is 24.4 Å². The summed E-state index contributed by atoms with van der Waals surface area (Å²) in [7, 11) is 0. The Bertz CT molecular complexity index is 211. The lowest BCUT2D eigenvalue weighted by Crippen LogP contribution is -1.56. The van der Waals surface area contributed by atoms with E-state index >= 15 is 0 Å². The van der Waals surface area contributed by atoms with Gasteiger partial charge in [-0.3, -0.25) is 0 Å². The number of benzene rings is 1. The molecule has 0 unspecified atom stereocenters. The molecule has 0 heterocycles. The van der Waals surface area contributed by atoms with E-state index in [-0.39, 0.29) is 0 Å². The van der Waals surface area contributed by atoms with Crippen LogP contribution in [0.2, 0.25) is 0 Å². The van der Waals surface area contributed by atoms with E-state index in [4.69, 9.17) is 0 Å². The van der Waals surface area contributed by atoms with Crippen molar-refractivity contribution in [2.45, 2.75) is 4.90 Å². The zero-order valence-corrected chi connectivity index (χ0v) is 8.52. The lowest BCUT2D eigenvalue weighted by atomic mass is 10.4. The van der Waals surface area contributed by atoms with Crippen molar-refractivity contribution in [1.29, 1.82) is 0 Å². The van der Waals surface area contributed by atoms with E-state index in [0.29, 0.717) is 0 Å². The molecule has 0 aromatic heterocycles. The molecule has 1 aromatic carbocycles. The fraction of sp³-hybridized carbons (Fsp3) is 0. The predicted octanol–water partition coefficient (Wildman–Crippen LogP) is 3.98. The maximum atomic E-state index is 4.08. The van der Waals surface area contributed by atoms with Crippen LogP contribution in [0.1, 0.15) is 0 Å². The van der Waals surface area contributed by atoms with Crippen LogP contribution in [0.4, 0.5) is 0 Å². The Morgan fingerprint density at radius 1 is 1.08 bits per heavy atom. The normalized spacial score (nSPS) is 7.75. The topological polar surface area (TPSA) is 0 Å². The largest absolute Gasteiger partial charge is 0.143 e. The molecule has 2 heteroatoms. The van der Waals surface area contributed by atoms with Crippen molar-refractivity contribution >= 4 is 24.4 Å². The molecule has 0 fully saturated rings. The lowest BCUT2D eigenvalue weighted by molar-refractivity contribution is 1.48. The third-order valence-electron chi connectivity index (χ3n) is 0.949. The van der Waals surface area contributed by atoms with Crippen LogP contribution >= 0.6 is 24.4 Å². The SMILES string of the molecule is C=CSC=C.Sc1ccccc1. The minimum Gasteiger partial charge on any atom is -0.143 e. The van der Waals surface area contributed by atoms with Gasteiger partial charge >= 0.3 is 0 Å². The summed E-state index contributed by atoms with van der Waals surface area (Å²) in [5.74, 6) is 0. The van der Waals surface area contributed by atoms with Gasteiger partial charge in [-0.1, -0.05) is 31.4 Å². The summed E-state index contributed by atoms with van der Waals surface area (Å²) in [4.78, 5) is 1.02. The average molecular weight is 196 g/mol. The Balaban J connectivity index is 0.000000217. The van der Waals surface area contributed by atoms with Gasteiger partial charge in [0.2, 0.25) is 0 Å². The predicted molar refractivity (Wildman–Crippen MR) is 61.7 cm³/mol. The smallest absolute Gasteiger partial charge is 0.00399 e. The van der Waals surface area contributed by atoms with Gasteiger partial charge in [0.15, 0.2) is 0 Å². The molecule has 1 aromatic rings. The van der Waals surface area contributed by atoms with Crippen LogP contribution in [0.15, 0.2) is 59.2 Å². The molecule has 0 saturated carbocycles. The van der Waals surface area contributed by atoms with E-state index in [1.807, 2.05) is 30.3 Å². The minimum absolute atomic E-state index is 1.02. The van der Waals surface area contributed by atoms with Crippen molar-refractivity contribution in [2.75, 3.05) is 0 Å². The quantitative estimate of drug-likeness (QED) is 0.698. The first kappa shape index (κ1) is 11.4. The van der Waals surface area contributed by atoms with Gasteiger partial charge in [-0.05, 0) is 22.9 Å². The van der Waals surface area contributed by atoms with Crippen LogP contribution in [0.5, 0.6) is 0 Å². The van der Waals surface area contributed by atoms with Crippen LogP contribution in [-0.2, 0) is 0 Å². The van der Waals surface area contributed by atoms with Gasteiger partial charge in [-0.25, -0.2) is 0 Å². The fourth-order valence-electron chi connectivity index (χ4n) is 0.496. The Labute approximate surface area is 83.8 Å². The summed E-state index contributed by atoms with van der Waals surface area (Å²) in [5.41, 5.74) is 0. The Morgan fingerprint density at radius 2 is 1.58 bits per heavy atom. The van der Waals surface area contributed by atoms with Crippen LogP contribution < -0.4 is 0 Å². The molecule has 0 radical (unpaired) electrons. The molecular formula is C10H12S2. The monoisotopic (exact) mass is 196 g/mol. The van der Waals surface area contributed by atoms with E-state index in [9.17, 15) is 0 Å². The second-order valence-electron chi connectivity index (χ2n) is 1.80. The highest BCUT2D eigenvalue weighted by Gasteiger charge is 1.73. The second kappa shape index (κ2) is 8.50. The molecule has 0 amide bonds. The van der Waals surface area contributed by atoms with Crippen LogP contribution in [-0.4, -0.2) is 0 Å². The summed E-state index contributed by atoms with van der Waals surface area (Å²) in [6.07, 6.45) is 0. The number of thioether (sulfide) groups is 1. The van der Waals surface area contributed by atoms with Gasteiger partial charge in [0.05, 0.1) is 0 Å². The molecule has 0 N–H and O–H groups in total. The molecule has 64 valence electrons. The van der Waals surface area contributed by atoms with E-state index in [1.54, 1.807) is 10.8 Å². The molecule has 0 aliphatic heterocycles. The maximum absolute atomic E-state index is 4.08. The van der Waals surface area contributed by atoms with Crippen LogP contribution in [0, 0.1) is 0 Å². The van der Waals surface area contributed by atoms with Gasteiger partial charge in [0, 0.05) is 4.90 Å². The fourth-order valence-corrected chi connectivity index (χ4v) is 0.804. The summed E-state index contributed by atoms with van der Waals surface area (Å²) in [6, 6.07) is 9.79. The number of hydrogen-bond acceptors (Lipinski definition) is 2. The van der Waals surface area contributed by atoms with E-state index in [2.05, 4.69) is 25.8 Å². The molecule has 0 atom stereocenters. The highest BCUT2D eigenvalue weighted by Crippen LogP contribution is 2.00. The number of hydrogen-bond donors (Lipinski definition) is 1. The lowest BCUT2D eigenvalue weighted by Gasteiger charge is -1.81. The van der Waals surface area contributed by atoms with E-state index in [0.717, 1.165) is 4.90 Å².